The van der Waals surface area contributed by atoms with Crippen molar-refractivity contribution in [3.05, 3.63) is 0 Å². The number of amides is 3. The van der Waals surface area contributed by atoms with Crippen LogP contribution in [-0.2, 0) is 9.59 Å². The smallest absolute Gasteiger partial charge is 0.326 e. The number of carboxylic acid groups (broad SMARTS) is 1. The van der Waals surface area contributed by atoms with Crippen LogP contribution in [0.1, 0.15) is 26.2 Å². The van der Waals surface area contributed by atoms with Crippen LogP contribution < -0.4 is 16.0 Å². The molecule has 0 aromatic heterocycles. The van der Waals surface area contributed by atoms with E-state index >= 15 is 0 Å². The Balaban J connectivity index is 2.31. The first-order valence-electron chi connectivity index (χ1n) is 7.30. The molecular formula is C13H24N4O4. The third kappa shape index (κ3) is 6.44. The molecule has 1 rings (SSSR count). The number of aliphatic carboxylic acids is 1. The average Bonchev–Trinajstić information content (AvgIpc) is 2.49. The standard InChI is InChI=1S/C13H24N4O4/c1-2-3-4-10(12(19)20)16-13(21)15-9-11(18)17-7-5-14-6-8-17/h10,14H,2-9H2,1H3,(H,19,20)(H2,15,16,21). The van der Waals surface area contributed by atoms with Gasteiger partial charge >= 0.3 is 12.0 Å². The van der Waals surface area contributed by atoms with Gasteiger partial charge < -0.3 is 26.0 Å². The zero-order chi connectivity index (χ0) is 15.7. The van der Waals surface area contributed by atoms with Crippen molar-refractivity contribution in [3.63, 3.8) is 0 Å². The molecule has 1 fully saturated rings. The van der Waals surface area contributed by atoms with Crippen LogP contribution in [0.4, 0.5) is 4.79 Å². The molecule has 3 amide bonds. The van der Waals surface area contributed by atoms with Gasteiger partial charge in [-0.2, -0.15) is 0 Å². The van der Waals surface area contributed by atoms with E-state index in [9.17, 15) is 14.4 Å². The van der Waals surface area contributed by atoms with Crippen molar-refractivity contribution in [1.82, 2.24) is 20.9 Å². The van der Waals surface area contributed by atoms with Crippen molar-refractivity contribution in [2.24, 2.45) is 0 Å². The number of unbranched alkanes of at least 4 members (excludes halogenated alkanes) is 1. The summed E-state index contributed by atoms with van der Waals surface area (Å²) in [6, 6.07) is -1.54. The number of piperazine rings is 1. The number of rotatable bonds is 7. The fourth-order valence-corrected chi connectivity index (χ4v) is 2.06. The molecule has 0 aromatic rings. The molecule has 0 saturated carbocycles. The Labute approximate surface area is 124 Å². The summed E-state index contributed by atoms with van der Waals surface area (Å²) in [5.74, 6) is -1.22. The Morgan fingerprint density at radius 2 is 1.95 bits per heavy atom. The molecule has 0 radical (unpaired) electrons. The van der Waals surface area contributed by atoms with Crippen LogP contribution in [-0.4, -0.2) is 66.7 Å². The maximum absolute atomic E-state index is 11.8. The predicted octanol–water partition coefficient (Wildman–Crippen LogP) is -0.639. The minimum absolute atomic E-state index is 0.119. The van der Waals surface area contributed by atoms with E-state index in [1.54, 1.807) is 4.90 Å². The quantitative estimate of drug-likeness (QED) is 0.500. The van der Waals surface area contributed by atoms with Crippen molar-refractivity contribution in [2.75, 3.05) is 32.7 Å². The highest BCUT2D eigenvalue weighted by atomic mass is 16.4. The summed E-state index contributed by atoms with van der Waals surface area (Å²) in [6.45, 7) is 4.57. The van der Waals surface area contributed by atoms with Gasteiger partial charge in [-0.25, -0.2) is 9.59 Å². The van der Waals surface area contributed by atoms with E-state index in [1.165, 1.54) is 0 Å². The molecule has 1 heterocycles. The molecule has 0 aromatic carbocycles. The summed E-state index contributed by atoms with van der Waals surface area (Å²) in [4.78, 5) is 36.1. The van der Waals surface area contributed by atoms with Gasteiger partial charge in [-0.05, 0) is 6.42 Å². The van der Waals surface area contributed by atoms with Crippen LogP contribution in [0, 0.1) is 0 Å². The molecule has 1 aliphatic rings. The van der Waals surface area contributed by atoms with Crippen molar-refractivity contribution in [2.45, 2.75) is 32.2 Å². The minimum atomic E-state index is -1.06. The fraction of sp³-hybridized carbons (Fsp3) is 0.769. The summed E-state index contributed by atoms with van der Waals surface area (Å²) in [5.41, 5.74) is 0. The fourth-order valence-electron chi connectivity index (χ4n) is 2.06. The minimum Gasteiger partial charge on any atom is -0.480 e. The molecule has 4 N–H and O–H groups in total. The number of carbonyl (C=O) groups excluding carboxylic acids is 2. The van der Waals surface area contributed by atoms with E-state index in [4.69, 9.17) is 5.11 Å². The summed E-state index contributed by atoms with van der Waals surface area (Å²) in [7, 11) is 0. The highest BCUT2D eigenvalue weighted by Crippen LogP contribution is 2.00. The first-order chi connectivity index (χ1) is 10.0. The number of hydrogen-bond donors (Lipinski definition) is 4. The molecule has 1 aliphatic heterocycles. The summed E-state index contributed by atoms with van der Waals surface area (Å²) < 4.78 is 0. The molecule has 8 nitrogen and oxygen atoms in total. The third-order valence-electron chi connectivity index (χ3n) is 3.32. The lowest BCUT2D eigenvalue weighted by atomic mass is 10.1. The van der Waals surface area contributed by atoms with E-state index in [-0.39, 0.29) is 12.5 Å². The molecule has 21 heavy (non-hydrogen) atoms. The van der Waals surface area contributed by atoms with Gasteiger partial charge in [0.15, 0.2) is 0 Å². The lowest BCUT2D eigenvalue weighted by Crippen LogP contribution is -2.52. The van der Waals surface area contributed by atoms with Crippen molar-refractivity contribution < 1.29 is 19.5 Å². The number of carbonyl (C=O) groups is 3. The van der Waals surface area contributed by atoms with E-state index in [0.717, 1.165) is 25.9 Å². The Morgan fingerprint density at radius 1 is 1.29 bits per heavy atom. The Kier molecular flexibility index (Phi) is 7.52. The van der Waals surface area contributed by atoms with Gasteiger partial charge in [-0.3, -0.25) is 4.79 Å². The molecule has 1 atom stereocenters. The molecule has 0 bridgehead atoms. The predicted molar refractivity (Wildman–Crippen MR) is 76.9 cm³/mol. The molecule has 8 heteroatoms. The number of hydrogen-bond acceptors (Lipinski definition) is 4. The lowest BCUT2D eigenvalue weighted by Gasteiger charge is -2.27. The maximum atomic E-state index is 11.8. The third-order valence-corrected chi connectivity index (χ3v) is 3.32. The van der Waals surface area contributed by atoms with E-state index in [1.807, 2.05) is 6.92 Å². The van der Waals surface area contributed by atoms with Gasteiger partial charge in [0, 0.05) is 26.2 Å². The second-order valence-corrected chi connectivity index (χ2v) is 4.99. The van der Waals surface area contributed by atoms with Gasteiger partial charge in [0.2, 0.25) is 5.91 Å². The second kappa shape index (κ2) is 9.17. The molecule has 0 aliphatic carbocycles. The van der Waals surface area contributed by atoms with Gasteiger partial charge in [0.1, 0.15) is 6.04 Å². The van der Waals surface area contributed by atoms with E-state index in [0.29, 0.717) is 19.5 Å². The highest BCUT2D eigenvalue weighted by molar-refractivity contribution is 5.86. The monoisotopic (exact) mass is 300 g/mol. The molecule has 0 spiro atoms. The number of nitrogens with one attached hydrogen (secondary N) is 3. The number of carboxylic acids is 1. The first-order valence-corrected chi connectivity index (χ1v) is 7.30. The van der Waals surface area contributed by atoms with E-state index in [2.05, 4.69) is 16.0 Å². The van der Waals surface area contributed by atoms with Gasteiger partial charge in [-0.15, -0.1) is 0 Å². The van der Waals surface area contributed by atoms with Crippen LogP contribution in [0.2, 0.25) is 0 Å². The van der Waals surface area contributed by atoms with Crippen molar-refractivity contribution in [1.29, 1.82) is 0 Å². The van der Waals surface area contributed by atoms with E-state index < -0.39 is 18.0 Å². The zero-order valence-corrected chi connectivity index (χ0v) is 12.4. The van der Waals surface area contributed by atoms with Gasteiger partial charge in [0.25, 0.3) is 0 Å². The Bertz CT molecular complexity index is 369. The van der Waals surface area contributed by atoms with Crippen LogP contribution >= 0.6 is 0 Å². The van der Waals surface area contributed by atoms with Crippen molar-refractivity contribution in [3.8, 4) is 0 Å². The first kappa shape index (κ1) is 17.2. The van der Waals surface area contributed by atoms with Gasteiger partial charge in [0.05, 0.1) is 6.54 Å². The average molecular weight is 300 g/mol. The van der Waals surface area contributed by atoms with Gasteiger partial charge in [-0.1, -0.05) is 19.8 Å². The molecule has 1 saturated heterocycles. The second-order valence-electron chi connectivity index (χ2n) is 4.99. The van der Waals surface area contributed by atoms with Crippen LogP contribution in [0.3, 0.4) is 0 Å². The van der Waals surface area contributed by atoms with Crippen LogP contribution in [0.5, 0.6) is 0 Å². The number of nitrogens with zero attached hydrogens (tertiary/aromatic N) is 1. The summed E-state index contributed by atoms with van der Waals surface area (Å²) >= 11 is 0. The Hall–Kier alpha value is -1.83. The normalized spacial score (nSPS) is 16.1. The maximum Gasteiger partial charge on any atom is 0.326 e. The molecule has 120 valence electrons. The van der Waals surface area contributed by atoms with Crippen LogP contribution in [0.25, 0.3) is 0 Å². The zero-order valence-electron chi connectivity index (χ0n) is 12.4. The lowest BCUT2D eigenvalue weighted by molar-refractivity contribution is -0.139. The van der Waals surface area contributed by atoms with Crippen molar-refractivity contribution >= 4 is 17.9 Å². The summed E-state index contributed by atoms with van der Waals surface area (Å²) in [5, 5.41) is 16.9. The van der Waals surface area contributed by atoms with Crippen LogP contribution in [0.15, 0.2) is 0 Å². The largest absolute Gasteiger partial charge is 0.480 e. The Morgan fingerprint density at radius 3 is 2.52 bits per heavy atom. The topological polar surface area (TPSA) is 111 Å². The molecule has 1 unspecified atom stereocenters. The molecular weight excluding hydrogens is 276 g/mol. The highest BCUT2D eigenvalue weighted by Gasteiger charge is 2.20. The number of urea groups is 1. The SMILES string of the molecule is CCCCC(NC(=O)NCC(=O)N1CCNCC1)C(=O)O. The summed E-state index contributed by atoms with van der Waals surface area (Å²) in [6.07, 6.45) is 1.95.